The third-order valence-electron chi connectivity index (χ3n) is 0. The van der Waals surface area contributed by atoms with Gasteiger partial charge in [0.1, 0.15) is 0 Å². The monoisotopic (exact) mass is 87.0 g/mol. The first kappa shape index (κ1) is 9.18. The average molecular weight is 87.0 g/mol. The minimum Gasteiger partial charge on any atom is -0.760 e. The van der Waals surface area contributed by atoms with E-state index in [1.807, 2.05) is 0 Å². The molecule has 1 unspecified atom stereocenters. The van der Waals surface area contributed by atoms with E-state index >= 15 is 0 Å². The summed E-state index contributed by atoms with van der Waals surface area (Å²) >= 11 is -2.36. The van der Waals surface area contributed by atoms with Crippen LogP contribution in [0.1, 0.15) is 0 Å². The van der Waals surface area contributed by atoms with Gasteiger partial charge < -0.3 is 4.55 Å². The predicted molar refractivity (Wildman–Crippen MR) is 13.1 cm³/mol. The Balaban J connectivity index is 0. The zero-order chi connectivity index (χ0) is 3.58. The van der Waals surface area contributed by atoms with Crippen LogP contribution in [0.25, 0.3) is 0 Å². The van der Waals surface area contributed by atoms with E-state index in [0.29, 0.717) is 0 Å². The van der Waals surface area contributed by atoms with Crippen LogP contribution in [0.4, 0.5) is 0 Å². The van der Waals surface area contributed by atoms with E-state index in [-0.39, 0.29) is 18.9 Å². The summed E-state index contributed by atoms with van der Waals surface area (Å²) in [4.78, 5) is 0. The molecular formula is H2LiNO2S. The molecular weight excluding hydrogens is 85.0 g/mol. The molecule has 0 bridgehead atoms. The molecule has 2 N–H and O–H groups in total. The van der Waals surface area contributed by atoms with Gasteiger partial charge in [-0.25, -0.2) is 0 Å². The summed E-state index contributed by atoms with van der Waals surface area (Å²) in [7, 11) is 0. The molecule has 0 fully saturated rings. The first-order valence-electron chi connectivity index (χ1n) is 0.569. The topological polar surface area (TPSA) is 66.2 Å². The van der Waals surface area contributed by atoms with Gasteiger partial charge in [0.05, 0.1) is 0 Å². The number of hydrogen-bond donors (Lipinski definition) is 1. The Labute approximate surface area is 44.5 Å². The van der Waals surface area contributed by atoms with Crippen LogP contribution in [-0.4, -0.2) is 8.76 Å². The molecule has 0 spiro atoms. The zero-order valence-corrected chi connectivity index (χ0v) is 3.62. The van der Waals surface area contributed by atoms with Crippen LogP contribution < -0.4 is 24.0 Å². The maximum absolute atomic E-state index is 8.78. The number of rotatable bonds is 0. The first-order chi connectivity index (χ1) is 1.73. The van der Waals surface area contributed by atoms with Crippen molar-refractivity contribution in [1.29, 1.82) is 0 Å². The molecule has 0 saturated heterocycles. The van der Waals surface area contributed by atoms with Crippen molar-refractivity contribution in [2.45, 2.75) is 0 Å². The Hall–Kier alpha value is 0.667. The predicted octanol–water partition coefficient (Wildman–Crippen LogP) is -4.26. The second-order valence-corrected chi connectivity index (χ2v) is 0.781. The third-order valence-corrected chi connectivity index (χ3v) is 0. The Morgan fingerprint density at radius 2 is 1.80 bits per heavy atom. The summed E-state index contributed by atoms with van der Waals surface area (Å²) in [6.07, 6.45) is 0. The van der Waals surface area contributed by atoms with Crippen molar-refractivity contribution in [1.82, 2.24) is 0 Å². The molecule has 5 heavy (non-hydrogen) atoms. The molecule has 5 heteroatoms. The second kappa shape index (κ2) is 4.67. The van der Waals surface area contributed by atoms with E-state index in [1.54, 1.807) is 0 Å². The SMILES string of the molecule is NS(=O)[O-].[Li+]. The molecule has 0 amide bonds. The van der Waals surface area contributed by atoms with E-state index in [4.69, 9.17) is 8.76 Å². The fourth-order valence-corrected chi connectivity index (χ4v) is 0. The Bertz CT molecular complexity index is 32.6. The van der Waals surface area contributed by atoms with E-state index in [9.17, 15) is 0 Å². The van der Waals surface area contributed by atoms with Crippen molar-refractivity contribution in [2.75, 3.05) is 0 Å². The van der Waals surface area contributed by atoms with Gasteiger partial charge in [0, 0.05) is 11.3 Å². The summed E-state index contributed by atoms with van der Waals surface area (Å²) in [5.41, 5.74) is 0. The van der Waals surface area contributed by atoms with Gasteiger partial charge in [-0.05, 0) is 0 Å². The minimum absolute atomic E-state index is 0. The van der Waals surface area contributed by atoms with E-state index < -0.39 is 11.3 Å². The van der Waals surface area contributed by atoms with Crippen molar-refractivity contribution in [2.24, 2.45) is 5.14 Å². The van der Waals surface area contributed by atoms with Crippen LogP contribution in [0.15, 0.2) is 0 Å². The van der Waals surface area contributed by atoms with E-state index in [1.165, 1.54) is 0 Å². The van der Waals surface area contributed by atoms with Crippen LogP contribution in [0.2, 0.25) is 0 Å². The van der Waals surface area contributed by atoms with Crippen molar-refractivity contribution in [3.05, 3.63) is 0 Å². The van der Waals surface area contributed by atoms with Crippen molar-refractivity contribution >= 4 is 11.3 Å². The fraction of sp³-hybridized carbons (Fsp3) is 0. The maximum Gasteiger partial charge on any atom is 1.00 e. The van der Waals surface area contributed by atoms with Gasteiger partial charge in [0.2, 0.25) is 0 Å². The largest absolute Gasteiger partial charge is 1.00 e. The summed E-state index contributed by atoms with van der Waals surface area (Å²) < 4.78 is 17.6. The third kappa shape index (κ3) is 74.6. The zero-order valence-electron chi connectivity index (χ0n) is 2.80. The fourth-order valence-electron chi connectivity index (χ4n) is 0. The maximum atomic E-state index is 8.78. The molecule has 0 radical (unpaired) electrons. The Morgan fingerprint density at radius 3 is 1.80 bits per heavy atom. The molecule has 0 aromatic rings. The van der Waals surface area contributed by atoms with Gasteiger partial charge in [-0.3, -0.25) is 9.35 Å². The van der Waals surface area contributed by atoms with Gasteiger partial charge in [0.25, 0.3) is 0 Å². The number of nitrogens with two attached hydrogens (primary N) is 1. The summed E-state index contributed by atoms with van der Waals surface area (Å²) in [6, 6.07) is 0. The smallest absolute Gasteiger partial charge is 0.760 e. The molecule has 0 aliphatic carbocycles. The van der Waals surface area contributed by atoms with E-state index in [2.05, 4.69) is 5.14 Å². The standard InChI is InChI=1S/Li.H3NO2S/c;1-4(2)3/h;1H2,(H,2,3)/q+1;/p-1. The van der Waals surface area contributed by atoms with Crippen LogP contribution >= 0.6 is 0 Å². The summed E-state index contributed by atoms with van der Waals surface area (Å²) in [5, 5.41) is 4.03. The molecule has 0 heterocycles. The van der Waals surface area contributed by atoms with Crippen LogP contribution in [0.3, 0.4) is 0 Å². The molecule has 0 aromatic heterocycles. The van der Waals surface area contributed by atoms with Gasteiger partial charge in [-0.2, -0.15) is 0 Å². The average Bonchev–Trinajstić information content (AvgIpc) is 0.811. The Morgan fingerprint density at radius 1 is 1.80 bits per heavy atom. The van der Waals surface area contributed by atoms with Crippen LogP contribution in [0.5, 0.6) is 0 Å². The Kier molecular flexibility index (Phi) is 8.57. The van der Waals surface area contributed by atoms with Gasteiger partial charge in [-0.15, -0.1) is 0 Å². The van der Waals surface area contributed by atoms with Crippen LogP contribution in [-0.2, 0) is 11.3 Å². The van der Waals surface area contributed by atoms with Crippen LogP contribution in [0, 0.1) is 0 Å². The summed E-state index contributed by atoms with van der Waals surface area (Å²) in [6.45, 7) is 0. The normalized spacial score (nSPS) is 12.4. The summed E-state index contributed by atoms with van der Waals surface area (Å²) in [5.74, 6) is 0. The number of hydrogen-bond acceptors (Lipinski definition) is 2. The minimum atomic E-state index is -2.36. The molecule has 0 aromatic carbocycles. The molecule has 0 aliphatic rings. The molecule has 1 atom stereocenters. The first-order valence-corrected chi connectivity index (χ1v) is 1.71. The van der Waals surface area contributed by atoms with Crippen molar-refractivity contribution in [3.8, 4) is 0 Å². The quantitative estimate of drug-likeness (QED) is 0.240. The van der Waals surface area contributed by atoms with Gasteiger partial charge >= 0.3 is 18.9 Å². The second-order valence-electron chi connectivity index (χ2n) is 0.260. The molecule has 0 aliphatic heterocycles. The molecule has 0 rings (SSSR count). The molecule has 3 nitrogen and oxygen atoms in total. The van der Waals surface area contributed by atoms with Gasteiger partial charge in [-0.1, -0.05) is 0 Å². The van der Waals surface area contributed by atoms with E-state index in [0.717, 1.165) is 0 Å². The molecule has 26 valence electrons. The van der Waals surface area contributed by atoms with Crippen molar-refractivity contribution in [3.63, 3.8) is 0 Å². The van der Waals surface area contributed by atoms with Crippen molar-refractivity contribution < 1.29 is 27.6 Å². The van der Waals surface area contributed by atoms with Gasteiger partial charge in [0.15, 0.2) is 0 Å². The molecule has 0 saturated carbocycles.